The summed E-state index contributed by atoms with van der Waals surface area (Å²) in [5, 5.41) is 22.6. The zero-order valence-electron chi connectivity index (χ0n) is 14.3. The standard InChI is InChI=1S/C20H19NO5/c1-12-15(11-18(24)21-8-7-13-5-3-2-4-6-13)20(25)26-17-10-14(22)9-16(23)19(12)17/h2-6,9-10,22-23H,7-8,11H2,1H3,(H,21,24). The molecule has 6 nitrogen and oxygen atoms in total. The predicted molar refractivity (Wildman–Crippen MR) is 97.4 cm³/mol. The van der Waals surface area contributed by atoms with E-state index in [9.17, 15) is 19.8 Å². The minimum absolute atomic E-state index is 0.0817. The summed E-state index contributed by atoms with van der Waals surface area (Å²) < 4.78 is 5.15. The summed E-state index contributed by atoms with van der Waals surface area (Å²) in [6.07, 6.45) is 0.553. The Morgan fingerprint density at radius 1 is 1.15 bits per heavy atom. The van der Waals surface area contributed by atoms with E-state index < -0.39 is 5.63 Å². The Morgan fingerprint density at radius 2 is 1.88 bits per heavy atom. The first-order chi connectivity index (χ1) is 12.5. The molecule has 0 fully saturated rings. The average Bonchev–Trinajstić information content (AvgIpc) is 2.58. The highest BCUT2D eigenvalue weighted by molar-refractivity contribution is 5.89. The molecule has 0 spiro atoms. The number of benzene rings is 2. The van der Waals surface area contributed by atoms with Crippen molar-refractivity contribution in [1.29, 1.82) is 0 Å². The Bertz CT molecular complexity index is 1010. The molecule has 0 bridgehead atoms. The number of nitrogens with one attached hydrogen (secondary N) is 1. The van der Waals surface area contributed by atoms with Gasteiger partial charge in [-0.15, -0.1) is 0 Å². The van der Waals surface area contributed by atoms with Crippen LogP contribution in [0.1, 0.15) is 16.7 Å². The largest absolute Gasteiger partial charge is 0.508 e. The summed E-state index contributed by atoms with van der Waals surface area (Å²) >= 11 is 0. The maximum Gasteiger partial charge on any atom is 0.340 e. The maximum absolute atomic E-state index is 12.2. The van der Waals surface area contributed by atoms with Crippen molar-refractivity contribution >= 4 is 16.9 Å². The molecular formula is C20H19NO5. The van der Waals surface area contributed by atoms with Gasteiger partial charge in [-0.3, -0.25) is 4.79 Å². The van der Waals surface area contributed by atoms with Gasteiger partial charge in [-0.1, -0.05) is 30.3 Å². The Hall–Kier alpha value is -3.28. The fraction of sp³-hybridized carbons (Fsp3) is 0.200. The summed E-state index contributed by atoms with van der Waals surface area (Å²) in [4.78, 5) is 24.4. The van der Waals surface area contributed by atoms with Crippen molar-refractivity contribution < 1.29 is 19.4 Å². The number of amides is 1. The van der Waals surface area contributed by atoms with Crippen LogP contribution in [-0.4, -0.2) is 22.7 Å². The van der Waals surface area contributed by atoms with Crippen LogP contribution in [0.25, 0.3) is 11.0 Å². The number of aromatic hydroxyl groups is 2. The molecule has 0 unspecified atom stereocenters. The Morgan fingerprint density at radius 3 is 2.62 bits per heavy atom. The summed E-state index contributed by atoms with van der Waals surface area (Å²) in [5.41, 5.74) is 1.19. The Kier molecular flexibility index (Phi) is 4.93. The van der Waals surface area contributed by atoms with Crippen LogP contribution in [-0.2, 0) is 17.6 Å². The van der Waals surface area contributed by atoms with Gasteiger partial charge in [0.05, 0.1) is 17.4 Å². The van der Waals surface area contributed by atoms with Crippen LogP contribution in [0.2, 0.25) is 0 Å². The van der Waals surface area contributed by atoms with Gasteiger partial charge in [0.1, 0.15) is 17.1 Å². The van der Waals surface area contributed by atoms with E-state index in [4.69, 9.17) is 4.42 Å². The SMILES string of the molecule is Cc1c(CC(=O)NCCc2ccccc2)c(=O)oc2cc(O)cc(O)c12. The molecule has 134 valence electrons. The highest BCUT2D eigenvalue weighted by atomic mass is 16.4. The number of hydrogen-bond donors (Lipinski definition) is 3. The van der Waals surface area contributed by atoms with E-state index in [0.717, 1.165) is 5.56 Å². The third-order valence-electron chi connectivity index (χ3n) is 4.26. The predicted octanol–water partition coefficient (Wildman–Crippen LogP) is 2.41. The summed E-state index contributed by atoms with van der Waals surface area (Å²) in [7, 11) is 0. The number of phenolic OH excluding ortho intramolecular Hbond substituents is 2. The summed E-state index contributed by atoms with van der Waals surface area (Å²) in [6.45, 7) is 2.10. The number of aryl methyl sites for hydroxylation is 1. The number of phenols is 2. The van der Waals surface area contributed by atoms with Gasteiger partial charge in [0.15, 0.2) is 0 Å². The first-order valence-corrected chi connectivity index (χ1v) is 8.24. The lowest BCUT2D eigenvalue weighted by Gasteiger charge is -2.10. The van der Waals surface area contributed by atoms with Crippen LogP contribution in [0.3, 0.4) is 0 Å². The second-order valence-corrected chi connectivity index (χ2v) is 6.09. The molecule has 0 saturated heterocycles. The molecule has 0 atom stereocenters. The third-order valence-corrected chi connectivity index (χ3v) is 4.26. The third kappa shape index (κ3) is 3.69. The molecule has 0 aliphatic carbocycles. The summed E-state index contributed by atoms with van der Waals surface area (Å²) in [6, 6.07) is 12.2. The fourth-order valence-corrected chi connectivity index (χ4v) is 2.93. The number of rotatable bonds is 5. The molecule has 0 saturated carbocycles. The van der Waals surface area contributed by atoms with Crippen molar-refractivity contribution in [3.05, 3.63) is 69.6 Å². The van der Waals surface area contributed by atoms with Crippen LogP contribution >= 0.6 is 0 Å². The van der Waals surface area contributed by atoms with Gasteiger partial charge in [0, 0.05) is 18.7 Å². The Labute approximate surface area is 149 Å². The average molecular weight is 353 g/mol. The second-order valence-electron chi connectivity index (χ2n) is 6.09. The van der Waals surface area contributed by atoms with Crippen molar-refractivity contribution in [1.82, 2.24) is 5.32 Å². The summed E-state index contributed by atoms with van der Waals surface area (Å²) in [5.74, 6) is -0.704. The van der Waals surface area contributed by atoms with E-state index in [1.165, 1.54) is 12.1 Å². The van der Waals surface area contributed by atoms with Crippen molar-refractivity contribution in [3.8, 4) is 11.5 Å². The molecule has 2 aromatic carbocycles. The van der Waals surface area contributed by atoms with Gasteiger partial charge in [-0.05, 0) is 24.5 Å². The fourth-order valence-electron chi connectivity index (χ4n) is 2.93. The highest BCUT2D eigenvalue weighted by Gasteiger charge is 2.17. The molecule has 3 aromatic rings. The zero-order valence-corrected chi connectivity index (χ0v) is 14.3. The zero-order chi connectivity index (χ0) is 18.7. The van der Waals surface area contributed by atoms with Gasteiger partial charge in [0.25, 0.3) is 0 Å². The monoisotopic (exact) mass is 353 g/mol. The van der Waals surface area contributed by atoms with Gasteiger partial charge in [0.2, 0.25) is 5.91 Å². The smallest absolute Gasteiger partial charge is 0.340 e. The first-order valence-electron chi connectivity index (χ1n) is 8.24. The molecule has 0 radical (unpaired) electrons. The maximum atomic E-state index is 12.2. The van der Waals surface area contributed by atoms with E-state index in [1.54, 1.807) is 6.92 Å². The van der Waals surface area contributed by atoms with Crippen LogP contribution in [0.5, 0.6) is 11.5 Å². The van der Waals surface area contributed by atoms with Gasteiger partial charge < -0.3 is 19.9 Å². The minimum Gasteiger partial charge on any atom is -0.508 e. The van der Waals surface area contributed by atoms with Gasteiger partial charge >= 0.3 is 5.63 Å². The van der Waals surface area contributed by atoms with Crippen LogP contribution in [0.15, 0.2) is 51.7 Å². The number of carbonyl (C=O) groups excluding carboxylic acids is 1. The molecule has 3 N–H and O–H groups in total. The van der Waals surface area contributed by atoms with Crippen molar-refractivity contribution in [2.24, 2.45) is 0 Å². The Balaban J connectivity index is 1.76. The van der Waals surface area contributed by atoms with Crippen LogP contribution < -0.4 is 10.9 Å². The van der Waals surface area contributed by atoms with Gasteiger partial charge in [-0.2, -0.15) is 0 Å². The second kappa shape index (κ2) is 7.31. The molecule has 1 amide bonds. The topological polar surface area (TPSA) is 99.8 Å². The molecule has 1 heterocycles. The van der Waals surface area contributed by atoms with Crippen LogP contribution in [0, 0.1) is 6.92 Å². The quantitative estimate of drug-likeness (QED) is 0.612. The van der Waals surface area contributed by atoms with Crippen molar-refractivity contribution in [3.63, 3.8) is 0 Å². The van der Waals surface area contributed by atoms with Gasteiger partial charge in [-0.25, -0.2) is 4.79 Å². The molecule has 0 aliphatic rings. The lowest BCUT2D eigenvalue weighted by molar-refractivity contribution is -0.120. The number of fused-ring (bicyclic) bond motifs is 1. The molecule has 1 aromatic heterocycles. The van der Waals surface area contributed by atoms with Crippen molar-refractivity contribution in [2.45, 2.75) is 19.8 Å². The highest BCUT2D eigenvalue weighted by Crippen LogP contribution is 2.32. The molecular weight excluding hydrogens is 334 g/mol. The van der Waals surface area contributed by atoms with E-state index in [0.29, 0.717) is 23.9 Å². The normalized spacial score (nSPS) is 10.8. The van der Waals surface area contributed by atoms with E-state index in [1.807, 2.05) is 30.3 Å². The van der Waals surface area contributed by atoms with E-state index in [2.05, 4.69) is 5.32 Å². The molecule has 6 heteroatoms. The van der Waals surface area contributed by atoms with Crippen molar-refractivity contribution in [2.75, 3.05) is 6.54 Å². The minimum atomic E-state index is -0.654. The number of carbonyl (C=O) groups is 1. The molecule has 26 heavy (non-hydrogen) atoms. The lowest BCUT2D eigenvalue weighted by Crippen LogP contribution is -2.29. The van der Waals surface area contributed by atoms with E-state index >= 15 is 0 Å². The van der Waals surface area contributed by atoms with Crippen LogP contribution in [0.4, 0.5) is 0 Å². The molecule has 3 rings (SSSR count). The molecule has 0 aliphatic heterocycles. The number of hydrogen-bond acceptors (Lipinski definition) is 5. The van der Waals surface area contributed by atoms with E-state index in [-0.39, 0.29) is 35.0 Å². The first kappa shape index (κ1) is 17.5. The lowest BCUT2D eigenvalue weighted by atomic mass is 10.0.